The predicted octanol–water partition coefficient (Wildman–Crippen LogP) is 5.57. The minimum absolute atomic E-state index is 0.0461. The monoisotopic (exact) mass is 477 g/mol. The number of rotatable bonds is 8. The molecule has 2 amide bonds. The maximum absolute atomic E-state index is 13.4. The van der Waals surface area contributed by atoms with E-state index in [0.29, 0.717) is 29.7 Å². The highest BCUT2D eigenvalue weighted by Crippen LogP contribution is 2.46. The van der Waals surface area contributed by atoms with Crippen molar-refractivity contribution < 1.29 is 14.4 Å². The molecule has 6 heteroatoms. The molecule has 0 radical (unpaired) electrons. The third-order valence-corrected chi connectivity index (χ3v) is 7.96. The van der Waals surface area contributed by atoms with Crippen molar-refractivity contribution in [2.45, 2.75) is 97.1 Å². The van der Waals surface area contributed by atoms with E-state index in [1.54, 1.807) is 0 Å². The molecule has 1 heterocycles. The fourth-order valence-corrected chi connectivity index (χ4v) is 5.96. The number of ketones is 1. The van der Waals surface area contributed by atoms with Crippen molar-refractivity contribution in [3.63, 3.8) is 0 Å². The Balaban J connectivity index is 1.50. The number of hydrogen-bond acceptors (Lipinski definition) is 3. The molecular formula is C29H39N3O3. The maximum atomic E-state index is 13.4. The number of Topliss-reactive ketones (excluding diaryl/α,β-unsaturated/α-hetero) is 1. The average Bonchev–Trinajstić information content (AvgIpc) is 3.18. The van der Waals surface area contributed by atoms with Crippen LogP contribution < -0.4 is 10.6 Å². The van der Waals surface area contributed by atoms with Crippen LogP contribution >= 0.6 is 0 Å². The fraction of sp³-hybridized carbons (Fsp3) is 0.552. The van der Waals surface area contributed by atoms with E-state index in [4.69, 9.17) is 0 Å². The topological polar surface area (TPSA) is 91.1 Å². The van der Waals surface area contributed by atoms with Gasteiger partial charge in [-0.3, -0.25) is 14.4 Å². The van der Waals surface area contributed by atoms with E-state index in [9.17, 15) is 14.4 Å². The number of unbranched alkanes of at least 4 members (excludes halogenated alkanes) is 1. The molecule has 1 fully saturated rings. The van der Waals surface area contributed by atoms with Gasteiger partial charge >= 0.3 is 0 Å². The van der Waals surface area contributed by atoms with Crippen LogP contribution in [0.5, 0.6) is 0 Å². The van der Waals surface area contributed by atoms with Gasteiger partial charge in [0.25, 0.3) is 5.91 Å². The predicted molar refractivity (Wildman–Crippen MR) is 137 cm³/mol. The summed E-state index contributed by atoms with van der Waals surface area (Å²) in [7, 11) is 0. The molecule has 0 saturated heterocycles. The molecule has 3 N–H and O–H groups in total. The van der Waals surface area contributed by atoms with E-state index >= 15 is 0 Å². The zero-order valence-electron chi connectivity index (χ0n) is 21.3. The zero-order chi connectivity index (χ0) is 25.0. The maximum Gasteiger partial charge on any atom is 0.268 e. The number of carbonyl (C=O) groups is 3. The van der Waals surface area contributed by atoms with Gasteiger partial charge in [-0.15, -0.1) is 0 Å². The van der Waals surface area contributed by atoms with Crippen LogP contribution in [0.25, 0.3) is 0 Å². The summed E-state index contributed by atoms with van der Waals surface area (Å²) < 4.78 is 0. The van der Waals surface area contributed by atoms with Crippen LogP contribution in [0.2, 0.25) is 0 Å². The lowest BCUT2D eigenvalue weighted by Crippen LogP contribution is -2.47. The van der Waals surface area contributed by atoms with E-state index < -0.39 is 6.04 Å². The molecule has 4 rings (SSSR count). The van der Waals surface area contributed by atoms with Crippen molar-refractivity contribution in [3.8, 4) is 0 Å². The molecular weight excluding hydrogens is 438 g/mol. The summed E-state index contributed by atoms with van der Waals surface area (Å²) in [6.07, 6.45) is 9.49. The quantitative estimate of drug-likeness (QED) is 0.464. The second-order valence-corrected chi connectivity index (χ2v) is 10.6. The number of carbonyl (C=O) groups excluding carboxylic acids is 3. The standard InChI is InChI=1S/C29H39N3O3/c1-4-5-14-22(27(34)30-20(3)21-12-8-6-9-13-21)32-28(35)26-19(2)25-23(31-26)17-29(18-24(25)33)15-10-7-11-16-29/h6,8-9,12-13,20,22,31H,4-5,7,10-11,14-18H2,1-3H3,(H,30,34)(H,32,35)/t20-,22-/m0/s1. The van der Waals surface area contributed by atoms with Crippen LogP contribution in [-0.4, -0.2) is 28.6 Å². The van der Waals surface area contributed by atoms with Crippen LogP contribution in [0, 0.1) is 12.3 Å². The van der Waals surface area contributed by atoms with Crippen molar-refractivity contribution >= 4 is 17.6 Å². The molecule has 2 aliphatic carbocycles. The first-order valence-electron chi connectivity index (χ1n) is 13.2. The summed E-state index contributed by atoms with van der Waals surface area (Å²) in [6.45, 7) is 5.86. The lowest BCUT2D eigenvalue weighted by molar-refractivity contribution is -0.123. The number of H-pyrrole nitrogens is 1. The van der Waals surface area contributed by atoms with E-state index in [1.807, 2.05) is 44.2 Å². The highest BCUT2D eigenvalue weighted by Gasteiger charge is 2.41. The van der Waals surface area contributed by atoms with Gasteiger partial charge in [0.15, 0.2) is 5.78 Å². The molecule has 188 valence electrons. The second kappa shape index (κ2) is 10.8. The van der Waals surface area contributed by atoms with E-state index in [1.165, 1.54) is 19.3 Å². The summed E-state index contributed by atoms with van der Waals surface area (Å²) in [5, 5.41) is 6.02. The van der Waals surface area contributed by atoms with Gasteiger partial charge in [-0.05, 0) is 56.1 Å². The van der Waals surface area contributed by atoms with Crippen LogP contribution in [-0.2, 0) is 11.2 Å². The Morgan fingerprint density at radius 1 is 1.06 bits per heavy atom. The number of aromatic amines is 1. The highest BCUT2D eigenvalue weighted by atomic mass is 16.2. The molecule has 2 atom stereocenters. The molecule has 0 bridgehead atoms. The van der Waals surface area contributed by atoms with Gasteiger partial charge in [-0.1, -0.05) is 69.4 Å². The van der Waals surface area contributed by atoms with Gasteiger partial charge in [0, 0.05) is 17.7 Å². The molecule has 1 aromatic heterocycles. The Hall–Kier alpha value is -2.89. The second-order valence-electron chi connectivity index (χ2n) is 10.6. The zero-order valence-corrected chi connectivity index (χ0v) is 21.3. The van der Waals surface area contributed by atoms with Crippen LogP contribution in [0.4, 0.5) is 0 Å². The van der Waals surface area contributed by atoms with Gasteiger partial charge in [0.1, 0.15) is 11.7 Å². The number of benzene rings is 1. The summed E-state index contributed by atoms with van der Waals surface area (Å²) in [5.41, 5.74) is 3.79. The summed E-state index contributed by atoms with van der Waals surface area (Å²) in [5.74, 6) is -0.349. The molecule has 6 nitrogen and oxygen atoms in total. The third kappa shape index (κ3) is 5.52. The lowest BCUT2D eigenvalue weighted by Gasteiger charge is -2.39. The van der Waals surface area contributed by atoms with E-state index in [-0.39, 0.29) is 29.1 Å². The highest BCUT2D eigenvalue weighted by molar-refractivity contribution is 6.05. The molecule has 2 aliphatic rings. The minimum Gasteiger partial charge on any atom is -0.354 e. The number of nitrogens with one attached hydrogen (secondary N) is 3. The molecule has 1 saturated carbocycles. The minimum atomic E-state index is -0.631. The first-order chi connectivity index (χ1) is 16.8. The van der Waals surface area contributed by atoms with Crippen molar-refractivity contribution in [2.24, 2.45) is 5.41 Å². The molecule has 35 heavy (non-hydrogen) atoms. The number of aromatic nitrogens is 1. The van der Waals surface area contributed by atoms with Gasteiger partial charge < -0.3 is 15.6 Å². The number of amides is 2. The van der Waals surface area contributed by atoms with Gasteiger partial charge in [0.2, 0.25) is 5.91 Å². The summed E-state index contributed by atoms with van der Waals surface area (Å²) in [6, 6.07) is 9.01. The SMILES string of the molecule is CCCC[C@H](NC(=O)c1[nH]c2c(c1C)C(=O)CC1(CCCCC1)C2)C(=O)N[C@@H](C)c1ccccc1. The molecule has 1 aromatic carbocycles. The Morgan fingerprint density at radius 2 is 1.77 bits per heavy atom. The van der Waals surface area contributed by atoms with Crippen molar-refractivity contribution in [3.05, 3.63) is 58.4 Å². The fourth-order valence-electron chi connectivity index (χ4n) is 5.96. The normalized spacial score (nSPS) is 18.5. The average molecular weight is 478 g/mol. The first kappa shape index (κ1) is 25.2. The smallest absolute Gasteiger partial charge is 0.268 e. The van der Waals surface area contributed by atoms with Crippen LogP contribution in [0.3, 0.4) is 0 Å². The van der Waals surface area contributed by atoms with Crippen molar-refractivity contribution in [2.75, 3.05) is 0 Å². The molecule has 0 aliphatic heterocycles. The summed E-state index contributed by atoms with van der Waals surface area (Å²) >= 11 is 0. The Kier molecular flexibility index (Phi) is 7.78. The summed E-state index contributed by atoms with van der Waals surface area (Å²) in [4.78, 5) is 42.9. The van der Waals surface area contributed by atoms with Gasteiger partial charge in [-0.2, -0.15) is 0 Å². The van der Waals surface area contributed by atoms with Gasteiger partial charge in [-0.25, -0.2) is 0 Å². The van der Waals surface area contributed by atoms with Crippen molar-refractivity contribution in [1.82, 2.24) is 15.6 Å². The number of fused-ring (bicyclic) bond motifs is 1. The van der Waals surface area contributed by atoms with E-state index in [2.05, 4.69) is 22.5 Å². The lowest BCUT2D eigenvalue weighted by atomic mass is 9.64. The Labute approximate surface area is 208 Å². The first-order valence-corrected chi connectivity index (χ1v) is 13.2. The van der Waals surface area contributed by atoms with E-state index in [0.717, 1.165) is 43.4 Å². The van der Waals surface area contributed by atoms with Gasteiger partial charge in [0.05, 0.1) is 6.04 Å². The number of hydrogen-bond donors (Lipinski definition) is 3. The Bertz CT molecular complexity index is 1070. The largest absolute Gasteiger partial charge is 0.354 e. The van der Waals surface area contributed by atoms with Crippen molar-refractivity contribution in [1.29, 1.82) is 0 Å². The van der Waals surface area contributed by atoms with Crippen LogP contribution in [0.1, 0.15) is 115 Å². The molecule has 1 spiro atoms. The third-order valence-electron chi connectivity index (χ3n) is 7.96. The van der Waals surface area contributed by atoms with Crippen LogP contribution in [0.15, 0.2) is 30.3 Å². The molecule has 2 aromatic rings. The Morgan fingerprint density at radius 3 is 2.46 bits per heavy atom. The molecule has 0 unspecified atom stereocenters.